The fourth-order valence-electron chi connectivity index (χ4n) is 1.22. The molecule has 0 unspecified atom stereocenters. The van der Waals surface area contributed by atoms with E-state index >= 15 is 0 Å². The van der Waals surface area contributed by atoms with Crippen LogP contribution in [0.2, 0.25) is 0 Å². The van der Waals surface area contributed by atoms with Crippen molar-refractivity contribution in [3.8, 4) is 11.5 Å². The molecule has 0 aliphatic heterocycles. The van der Waals surface area contributed by atoms with Gasteiger partial charge in [0, 0.05) is 0 Å². The fourth-order valence-corrected chi connectivity index (χ4v) is 1.22. The van der Waals surface area contributed by atoms with Gasteiger partial charge in [-0.05, 0) is 36.4 Å². The smallest absolute Gasteiger partial charge is 0.510 e. The summed E-state index contributed by atoms with van der Waals surface area (Å²) < 4.78 is 17.6. The van der Waals surface area contributed by atoms with Gasteiger partial charge in [-0.15, -0.1) is 0 Å². The van der Waals surface area contributed by atoms with Gasteiger partial charge in [0.15, 0.2) is 5.75 Å². The van der Waals surface area contributed by atoms with Crippen LogP contribution in [-0.2, 0) is 4.81 Å². The second-order valence-corrected chi connectivity index (χ2v) is 3.37. The number of hydrogen-bond acceptors (Lipinski definition) is 4. The second kappa shape index (κ2) is 6.04. The van der Waals surface area contributed by atoms with Gasteiger partial charge in [-0.25, -0.2) is 4.39 Å². The van der Waals surface area contributed by atoms with E-state index in [0.717, 1.165) is 0 Å². The minimum Gasteiger partial charge on any atom is -0.510 e. The molecule has 6 heteroatoms. The highest BCUT2D eigenvalue weighted by Crippen LogP contribution is 2.13. The monoisotopic (exact) mass is 248 g/mol. The Bertz CT molecular complexity index is 477. The van der Waals surface area contributed by atoms with E-state index in [2.05, 4.69) is 4.81 Å². The Labute approximate surface area is 104 Å². The van der Waals surface area contributed by atoms with Gasteiger partial charge in [-0.1, -0.05) is 18.2 Å². The van der Waals surface area contributed by atoms with Gasteiger partial charge in [0.2, 0.25) is 0 Å². The largest absolute Gasteiger partial charge is 0.748 e. The van der Waals surface area contributed by atoms with E-state index in [1.807, 2.05) is 6.07 Å². The third-order valence-electron chi connectivity index (χ3n) is 2.02. The molecule has 92 valence electrons. The fraction of sp³-hybridized carbons (Fsp3) is 0. The summed E-state index contributed by atoms with van der Waals surface area (Å²) >= 11 is 0. The van der Waals surface area contributed by atoms with Crippen LogP contribution in [0.1, 0.15) is 0 Å². The van der Waals surface area contributed by atoms with Gasteiger partial charge >= 0.3 is 7.32 Å². The molecule has 2 aromatic rings. The van der Waals surface area contributed by atoms with E-state index in [-0.39, 0.29) is 11.6 Å². The van der Waals surface area contributed by atoms with Gasteiger partial charge < -0.3 is 14.6 Å². The van der Waals surface area contributed by atoms with Crippen LogP contribution < -0.4 is 9.54 Å². The lowest BCUT2D eigenvalue weighted by Gasteiger charge is -2.09. The van der Waals surface area contributed by atoms with E-state index in [1.54, 1.807) is 24.3 Å². The molecule has 0 heterocycles. The summed E-state index contributed by atoms with van der Waals surface area (Å²) in [5.41, 5.74) is 0. The van der Waals surface area contributed by atoms with Crippen molar-refractivity contribution in [2.75, 3.05) is 0 Å². The molecule has 0 aliphatic carbocycles. The Hall–Kier alpha value is -2.05. The van der Waals surface area contributed by atoms with Crippen LogP contribution >= 0.6 is 0 Å². The molecule has 2 rings (SSSR count). The van der Waals surface area contributed by atoms with Crippen LogP contribution in [-0.4, -0.2) is 12.3 Å². The van der Waals surface area contributed by atoms with E-state index < -0.39 is 7.32 Å². The van der Waals surface area contributed by atoms with Crippen molar-refractivity contribution in [1.82, 2.24) is 0 Å². The van der Waals surface area contributed by atoms with Crippen molar-refractivity contribution in [2.24, 2.45) is 0 Å². The molecule has 4 nitrogen and oxygen atoms in total. The lowest BCUT2D eigenvalue weighted by Crippen LogP contribution is -2.27. The van der Waals surface area contributed by atoms with Gasteiger partial charge in [0.05, 0.1) is 0 Å². The van der Waals surface area contributed by atoms with Gasteiger partial charge in [-0.2, -0.15) is 4.81 Å². The summed E-state index contributed by atoms with van der Waals surface area (Å²) in [4.78, 5) is 9.34. The molecular formula is C12H10BFO4. The highest BCUT2D eigenvalue weighted by atomic mass is 19.1. The Balaban J connectivity index is 1.81. The zero-order valence-corrected chi connectivity index (χ0v) is 9.32. The number of hydrogen-bond donors (Lipinski definition) is 1. The van der Waals surface area contributed by atoms with Crippen molar-refractivity contribution in [3.05, 3.63) is 60.4 Å². The quantitative estimate of drug-likeness (QED) is 0.500. The molecule has 0 bridgehead atoms. The van der Waals surface area contributed by atoms with Gasteiger partial charge in [-0.3, -0.25) is 0 Å². The van der Waals surface area contributed by atoms with Crippen LogP contribution in [0.5, 0.6) is 11.5 Å². The third kappa shape index (κ3) is 3.76. The predicted molar refractivity (Wildman–Crippen MR) is 63.2 cm³/mol. The molecule has 2 aromatic carbocycles. The van der Waals surface area contributed by atoms with Gasteiger partial charge in [0.25, 0.3) is 0 Å². The molecule has 0 amide bonds. The van der Waals surface area contributed by atoms with Crippen molar-refractivity contribution >= 4 is 7.32 Å². The molecule has 0 saturated heterocycles. The lowest BCUT2D eigenvalue weighted by molar-refractivity contribution is -0.135. The minimum atomic E-state index is -1.57. The molecule has 1 N–H and O–H groups in total. The summed E-state index contributed by atoms with van der Waals surface area (Å²) in [7, 11) is -1.57. The first-order valence-corrected chi connectivity index (χ1v) is 5.23. The van der Waals surface area contributed by atoms with Crippen molar-refractivity contribution < 1.29 is 23.8 Å². The first-order valence-electron chi connectivity index (χ1n) is 5.23. The molecule has 0 atom stereocenters. The van der Waals surface area contributed by atoms with Crippen LogP contribution in [0.3, 0.4) is 0 Å². The average molecular weight is 248 g/mol. The highest BCUT2D eigenvalue weighted by Gasteiger charge is 2.20. The zero-order chi connectivity index (χ0) is 12.8. The van der Waals surface area contributed by atoms with Crippen molar-refractivity contribution in [1.29, 1.82) is 0 Å². The maximum absolute atomic E-state index is 12.6. The standard InChI is InChI=1S/C12H10BFO4/c14-10-6-8-12(9-7-10)17-18-13(15)16-11-4-2-1-3-5-11/h1-9,15H. The third-order valence-corrected chi connectivity index (χ3v) is 2.02. The summed E-state index contributed by atoms with van der Waals surface area (Å²) in [6, 6.07) is 13.8. The normalized spacial score (nSPS) is 9.89. The number of halogens is 1. The molecular weight excluding hydrogens is 238 g/mol. The maximum atomic E-state index is 12.6. The van der Waals surface area contributed by atoms with E-state index in [0.29, 0.717) is 5.75 Å². The first kappa shape index (κ1) is 12.4. The molecule has 0 spiro atoms. The Morgan fingerprint density at radius 3 is 2.22 bits per heavy atom. The zero-order valence-electron chi connectivity index (χ0n) is 9.32. The van der Waals surface area contributed by atoms with Crippen LogP contribution in [0.4, 0.5) is 4.39 Å². The van der Waals surface area contributed by atoms with E-state index in [1.165, 1.54) is 24.3 Å². The average Bonchev–Trinajstić information content (AvgIpc) is 2.39. The van der Waals surface area contributed by atoms with Gasteiger partial charge in [0.1, 0.15) is 11.6 Å². The summed E-state index contributed by atoms with van der Waals surface area (Å²) in [5.74, 6) is 0.309. The Morgan fingerprint density at radius 1 is 0.889 bits per heavy atom. The van der Waals surface area contributed by atoms with Crippen molar-refractivity contribution in [2.45, 2.75) is 0 Å². The van der Waals surface area contributed by atoms with Crippen LogP contribution in [0.15, 0.2) is 54.6 Å². The Morgan fingerprint density at radius 2 is 1.56 bits per heavy atom. The number of benzene rings is 2. The maximum Gasteiger partial charge on any atom is 0.748 e. The van der Waals surface area contributed by atoms with E-state index in [9.17, 15) is 9.41 Å². The summed E-state index contributed by atoms with van der Waals surface area (Å²) in [6.45, 7) is 0. The van der Waals surface area contributed by atoms with Crippen LogP contribution in [0, 0.1) is 5.82 Å². The van der Waals surface area contributed by atoms with Crippen LogP contribution in [0.25, 0.3) is 0 Å². The molecule has 0 fully saturated rings. The predicted octanol–water partition coefficient (Wildman–Crippen LogP) is 2.19. The molecule has 0 aromatic heterocycles. The second-order valence-electron chi connectivity index (χ2n) is 3.37. The molecule has 0 aliphatic rings. The SMILES string of the molecule is OB(OOc1ccc(F)cc1)Oc1ccccc1. The Kier molecular flexibility index (Phi) is 4.17. The first-order chi connectivity index (χ1) is 8.74. The molecule has 18 heavy (non-hydrogen) atoms. The minimum absolute atomic E-state index is 0.257. The molecule has 0 saturated carbocycles. The number of para-hydroxylation sites is 1. The summed E-state index contributed by atoms with van der Waals surface area (Å²) in [5, 5.41) is 9.37. The summed E-state index contributed by atoms with van der Waals surface area (Å²) in [6.07, 6.45) is 0. The highest BCUT2D eigenvalue weighted by molar-refractivity contribution is 6.35. The molecule has 0 radical (unpaired) electrons. The number of rotatable bonds is 5. The van der Waals surface area contributed by atoms with E-state index in [4.69, 9.17) is 9.54 Å². The topological polar surface area (TPSA) is 47.9 Å². The van der Waals surface area contributed by atoms with Crippen molar-refractivity contribution in [3.63, 3.8) is 0 Å². The lowest BCUT2D eigenvalue weighted by atomic mass is 10.2.